The van der Waals surface area contributed by atoms with Crippen LogP contribution in [0.1, 0.15) is 0 Å². The van der Waals surface area contributed by atoms with E-state index in [0.717, 1.165) is 0 Å². The summed E-state index contributed by atoms with van der Waals surface area (Å²) in [4.78, 5) is 23.9. The van der Waals surface area contributed by atoms with Gasteiger partial charge in [0.15, 0.2) is 6.61 Å². The summed E-state index contributed by atoms with van der Waals surface area (Å²) in [6, 6.07) is 12.0. The van der Waals surface area contributed by atoms with Crippen molar-refractivity contribution in [1.82, 2.24) is 15.0 Å². The van der Waals surface area contributed by atoms with Crippen LogP contribution in [0.4, 0.5) is 5.69 Å². The van der Waals surface area contributed by atoms with Gasteiger partial charge in [0.2, 0.25) is 0 Å². The third kappa shape index (κ3) is 4.09. The van der Waals surface area contributed by atoms with E-state index in [-0.39, 0.29) is 6.54 Å². The monoisotopic (exact) mass is 374 g/mol. The number of carbonyl (C=O) groups excluding carboxylic acids is 2. The number of nitrogens with zero attached hydrogens (tertiary/aromatic N) is 3. The summed E-state index contributed by atoms with van der Waals surface area (Å²) in [6.07, 6.45) is 0. The van der Waals surface area contributed by atoms with Gasteiger partial charge in [0.1, 0.15) is 17.8 Å². The Hall–Kier alpha value is -3.13. The van der Waals surface area contributed by atoms with E-state index in [4.69, 9.17) is 21.1 Å². The number of rotatable bonds is 6. The van der Waals surface area contributed by atoms with E-state index >= 15 is 0 Å². The first-order chi connectivity index (χ1) is 12.6. The molecule has 9 heteroatoms. The first-order valence-electron chi connectivity index (χ1n) is 7.64. The molecular formula is C17H15ClN4O4. The Balaban J connectivity index is 1.56. The molecule has 0 fully saturated rings. The van der Waals surface area contributed by atoms with E-state index in [9.17, 15) is 9.59 Å². The number of hydrogen-bond donors (Lipinski definition) is 1. The van der Waals surface area contributed by atoms with E-state index in [1.54, 1.807) is 30.3 Å². The van der Waals surface area contributed by atoms with Crippen molar-refractivity contribution in [2.45, 2.75) is 6.54 Å². The van der Waals surface area contributed by atoms with Gasteiger partial charge in [-0.2, -0.15) is 0 Å². The third-order valence-corrected chi connectivity index (χ3v) is 3.73. The number of nitrogens with one attached hydrogen (secondary N) is 1. The minimum Gasteiger partial charge on any atom is -0.495 e. The van der Waals surface area contributed by atoms with Gasteiger partial charge < -0.3 is 14.8 Å². The minimum absolute atomic E-state index is 0.145. The molecule has 3 rings (SSSR count). The number of anilines is 1. The van der Waals surface area contributed by atoms with Crippen LogP contribution in [0.2, 0.25) is 5.02 Å². The highest BCUT2D eigenvalue weighted by molar-refractivity contribution is 6.31. The molecule has 1 amide bonds. The van der Waals surface area contributed by atoms with Crippen LogP contribution in [0.5, 0.6) is 5.75 Å². The van der Waals surface area contributed by atoms with Crippen LogP contribution in [-0.4, -0.2) is 40.6 Å². The second kappa shape index (κ2) is 7.83. The predicted molar refractivity (Wildman–Crippen MR) is 95.1 cm³/mol. The molecule has 3 aromatic rings. The number of fused-ring (bicyclic) bond motifs is 1. The Morgan fingerprint density at radius 3 is 2.85 bits per heavy atom. The van der Waals surface area contributed by atoms with E-state index in [0.29, 0.717) is 27.5 Å². The molecule has 134 valence electrons. The average Bonchev–Trinajstić information content (AvgIpc) is 3.03. The third-order valence-electron chi connectivity index (χ3n) is 3.50. The highest BCUT2D eigenvalue weighted by atomic mass is 35.5. The molecule has 0 bridgehead atoms. The van der Waals surface area contributed by atoms with E-state index in [1.807, 2.05) is 12.1 Å². The van der Waals surface area contributed by atoms with E-state index in [1.165, 1.54) is 11.8 Å². The lowest BCUT2D eigenvalue weighted by Crippen LogP contribution is -2.23. The smallest absolute Gasteiger partial charge is 0.328 e. The quantitative estimate of drug-likeness (QED) is 0.665. The number of esters is 1. The summed E-state index contributed by atoms with van der Waals surface area (Å²) < 4.78 is 11.5. The van der Waals surface area contributed by atoms with Crippen molar-refractivity contribution in [1.29, 1.82) is 0 Å². The highest BCUT2D eigenvalue weighted by Crippen LogP contribution is 2.27. The molecule has 1 heterocycles. The molecule has 0 saturated carbocycles. The molecule has 0 spiro atoms. The van der Waals surface area contributed by atoms with Crippen LogP contribution in [0.25, 0.3) is 11.0 Å². The van der Waals surface area contributed by atoms with E-state index < -0.39 is 18.5 Å². The van der Waals surface area contributed by atoms with Crippen molar-refractivity contribution in [3.8, 4) is 5.75 Å². The van der Waals surface area contributed by atoms with Crippen molar-refractivity contribution in [2.75, 3.05) is 19.0 Å². The van der Waals surface area contributed by atoms with Crippen molar-refractivity contribution >= 4 is 40.2 Å². The Kier molecular flexibility index (Phi) is 5.33. The molecule has 26 heavy (non-hydrogen) atoms. The summed E-state index contributed by atoms with van der Waals surface area (Å²) in [5, 5.41) is 10.9. The molecule has 1 aromatic heterocycles. The number of benzene rings is 2. The van der Waals surface area contributed by atoms with Crippen LogP contribution in [0.15, 0.2) is 42.5 Å². The van der Waals surface area contributed by atoms with Crippen LogP contribution < -0.4 is 10.1 Å². The fourth-order valence-electron chi connectivity index (χ4n) is 2.31. The molecular weight excluding hydrogens is 360 g/mol. The zero-order chi connectivity index (χ0) is 18.5. The van der Waals surface area contributed by atoms with Gasteiger partial charge in [0.05, 0.1) is 18.3 Å². The first-order valence-corrected chi connectivity index (χ1v) is 8.02. The SMILES string of the molecule is COc1ccc(Cl)cc1NC(=O)COC(=O)Cn1nnc2ccccc21. The Bertz CT molecular complexity index is 957. The lowest BCUT2D eigenvalue weighted by Gasteiger charge is -2.11. The molecule has 1 N–H and O–H groups in total. The number of ether oxygens (including phenoxy) is 2. The van der Waals surface area contributed by atoms with Gasteiger partial charge in [-0.15, -0.1) is 5.10 Å². The average molecular weight is 375 g/mol. The molecule has 0 aliphatic heterocycles. The van der Waals surface area contributed by atoms with Gasteiger partial charge in [0.25, 0.3) is 5.91 Å². The largest absolute Gasteiger partial charge is 0.495 e. The zero-order valence-corrected chi connectivity index (χ0v) is 14.6. The summed E-state index contributed by atoms with van der Waals surface area (Å²) in [5.74, 6) is -0.667. The van der Waals surface area contributed by atoms with Gasteiger partial charge in [-0.25, -0.2) is 4.68 Å². The topological polar surface area (TPSA) is 95.3 Å². The molecule has 0 radical (unpaired) electrons. The predicted octanol–water partition coefficient (Wildman–Crippen LogP) is 2.28. The Morgan fingerprint density at radius 1 is 1.23 bits per heavy atom. The second-order valence-corrected chi connectivity index (χ2v) is 5.73. The van der Waals surface area contributed by atoms with Gasteiger partial charge >= 0.3 is 5.97 Å². The van der Waals surface area contributed by atoms with E-state index in [2.05, 4.69) is 15.6 Å². The molecule has 0 aliphatic carbocycles. The number of halogens is 1. The van der Waals surface area contributed by atoms with Gasteiger partial charge in [-0.3, -0.25) is 9.59 Å². The number of carbonyl (C=O) groups is 2. The summed E-state index contributed by atoms with van der Waals surface area (Å²) in [7, 11) is 1.47. The van der Waals surface area contributed by atoms with Gasteiger partial charge in [0, 0.05) is 5.02 Å². The summed E-state index contributed by atoms with van der Waals surface area (Å²) in [5.41, 5.74) is 1.77. The fourth-order valence-corrected chi connectivity index (χ4v) is 2.48. The lowest BCUT2D eigenvalue weighted by molar-refractivity contribution is -0.148. The molecule has 2 aromatic carbocycles. The number of amides is 1. The normalized spacial score (nSPS) is 10.5. The van der Waals surface area contributed by atoms with Crippen LogP contribution in [-0.2, 0) is 20.9 Å². The van der Waals surface area contributed by atoms with Crippen molar-refractivity contribution < 1.29 is 19.1 Å². The Morgan fingerprint density at radius 2 is 2.04 bits per heavy atom. The molecule has 8 nitrogen and oxygen atoms in total. The highest BCUT2D eigenvalue weighted by Gasteiger charge is 2.13. The number of para-hydroxylation sites is 1. The second-order valence-electron chi connectivity index (χ2n) is 5.29. The number of hydrogen-bond acceptors (Lipinski definition) is 6. The van der Waals surface area contributed by atoms with Crippen molar-refractivity contribution in [3.05, 3.63) is 47.5 Å². The molecule has 0 unspecified atom stereocenters. The molecule has 0 atom stereocenters. The summed E-state index contributed by atoms with van der Waals surface area (Å²) >= 11 is 5.90. The van der Waals surface area contributed by atoms with Gasteiger partial charge in [-0.1, -0.05) is 28.9 Å². The summed E-state index contributed by atoms with van der Waals surface area (Å²) in [6.45, 7) is -0.588. The van der Waals surface area contributed by atoms with Gasteiger partial charge in [-0.05, 0) is 30.3 Å². The zero-order valence-electron chi connectivity index (χ0n) is 13.8. The molecule has 0 saturated heterocycles. The Labute approximate surface area is 153 Å². The molecule has 0 aliphatic rings. The first kappa shape index (κ1) is 17.7. The van der Waals surface area contributed by atoms with Crippen LogP contribution in [0.3, 0.4) is 0 Å². The number of aromatic nitrogens is 3. The van der Waals surface area contributed by atoms with Crippen molar-refractivity contribution in [3.63, 3.8) is 0 Å². The lowest BCUT2D eigenvalue weighted by atomic mass is 10.3. The maximum Gasteiger partial charge on any atom is 0.328 e. The van der Waals surface area contributed by atoms with Crippen LogP contribution in [0, 0.1) is 0 Å². The van der Waals surface area contributed by atoms with Crippen molar-refractivity contribution in [2.24, 2.45) is 0 Å². The number of methoxy groups -OCH3 is 1. The van der Waals surface area contributed by atoms with Crippen LogP contribution >= 0.6 is 11.6 Å². The maximum atomic E-state index is 12.0. The minimum atomic E-state index is -0.603. The standard InChI is InChI=1S/C17H15ClN4O4/c1-25-15-7-6-11(18)8-13(15)19-16(23)10-26-17(24)9-22-14-5-3-2-4-12(14)20-21-22/h2-8H,9-10H2,1H3,(H,19,23). The maximum absolute atomic E-state index is 12.0. The fraction of sp³-hybridized carbons (Fsp3) is 0.176.